The molecule has 0 aromatic carbocycles. The Morgan fingerprint density at radius 3 is 2.75 bits per heavy atom. The van der Waals surface area contributed by atoms with E-state index in [1.807, 2.05) is 12.1 Å². The molecule has 0 radical (unpaired) electrons. The molecule has 2 heteroatoms. The summed E-state index contributed by atoms with van der Waals surface area (Å²) in [7, 11) is 0. The highest BCUT2D eigenvalue weighted by Crippen LogP contribution is 1.99. The average Bonchev–Trinajstić information content (AvgIpc) is 2.34. The fourth-order valence-corrected chi connectivity index (χ4v) is 1.72. The van der Waals surface area contributed by atoms with Crippen molar-refractivity contribution in [3.63, 3.8) is 0 Å². The van der Waals surface area contributed by atoms with Crippen LogP contribution in [0.5, 0.6) is 0 Å². The van der Waals surface area contributed by atoms with Crippen LogP contribution in [0.3, 0.4) is 0 Å². The van der Waals surface area contributed by atoms with E-state index in [0.717, 1.165) is 14.6 Å². The maximum Gasteiger partial charge on any atom is 0.169 e. The van der Waals surface area contributed by atoms with Gasteiger partial charge in [-0.2, -0.15) is 0 Å². The quantitative estimate of drug-likeness (QED) is 0.624. The summed E-state index contributed by atoms with van der Waals surface area (Å²) in [5.74, 6) is 0.0913. The summed E-state index contributed by atoms with van der Waals surface area (Å²) in [6.45, 7) is 8.98. The molecule has 0 aliphatic carbocycles. The lowest BCUT2D eigenvalue weighted by Gasteiger charge is -1.80. The van der Waals surface area contributed by atoms with Crippen LogP contribution in [0.25, 0.3) is 12.7 Å². The van der Waals surface area contributed by atoms with Crippen LogP contribution < -0.4 is 9.75 Å². The number of hydrogen-bond donors (Lipinski definition) is 0. The molecule has 1 aromatic rings. The molecule has 0 atom stereocenters. The largest absolute Gasteiger partial charge is 0.294 e. The summed E-state index contributed by atoms with van der Waals surface area (Å²) in [4.78, 5) is 11.7. The highest BCUT2D eigenvalue weighted by molar-refractivity contribution is 7.11. The number of ketones is 1. The van der Waals surface area contributed by atoms with Gasteiger partial charge < -0.3 is 0 Å². The first-order chi connectivity index (χ1) is 5.65. The van der Waals surface area contributed by atoms with E-state index in [4.69, 9.17) is 0 Å². The van der Waals surface area contributed by atoms with Crippen LogP contribution >= 0.6 is 11.3 Å². The molecule has 0 saturated heterocycles. The molecule has 12 heavy (non-hydrogen) atoms. The van der Waals surface area contributed by atoms with Crippen LogP contribution in [-0.4, -0.2) is 5.78 Å². The Balaban J connectivity index is 3.37. The lowest BCUT2D eigenvalue weighted by atomic mass is 10.3. The molecular weight excluding hydrogens is 168 g/mol. The zero-order chi connectivity index (χ0) is 9.14. The molecule has 0 saturated carbocycles. The first-order valence-electron chi connectivity index (χ1n) is 3.57. The van der Waals surface area contributed by atoms with Gasteiger partial charge in [0.15, 0.2) is 5.78 Å². The van der Waals surface area contributed by atoms with Gasteiger partial charge in [-0.1, -0.05) is 25.3 Å². The van der Waals surface area contributed by atoms with Crippen molar-refractivity contribution in [1.29, 1.82) is 0 Å². The topological polar surface area (TPSA) is 17.1 Å². The van der Waals surface area contributed by atoms with Crippen LogP contribution in [0.15, 0.2) is 18.7 Å². The predicted molar refractivity (Wildman–Crippen MR) is 53.8 cm³/mol. The van der Waals surface area contributed by atoms with Crippen molar-refractivity contribution in [3.05, 3.63) is 33.3 Å². The third-order valence-electron chi connectivity index (χ3n) is 1.49. The van der Waals surface area contributed by atoms with E-state index < -0.39 is 0 Å². The Morgan fingerprint density at radius 1 is 1.67 bits per heavy atom. The normalized spacial score (nSPS) is 11.6. The van der Waals surface area contributed by atoms with E-state index in [-0.39, 0.29) is 5.78 Å². The molecule has 0 aliphatic heterocycles. The molecule has 0 bridgehead atoms. The fourth-order valence-electron chi connectivity index (χ4n) is 0.884. The second-order valence-corrected chi connectivity index (χ2v) is 3.58. The van der Waals surface area contributed by atoms with Crippen LogP contribution in [0.2, 0.25) is 0 Å². The smallest absolute Gasteiger partial charge is 0.169 e. The number of carbonyl (C=O) groups excluding carboxylic acids is 1. The van der Waals surface area contributed by atoms with Gasteiger partial charge in [-0.15, -0.1) is 11.3 Å². The standard InChI is InChI=1S/C10H10OS/c1-4-5-9-6-10(7(2)11)12-8(9)3/h4-6H,1,3H2,2H3/b9-5-. The van der Waals surface area contributed by atoms with Crippen LogP contribution in [0.4, 0.5) is 0 Å². The van der Waals surface area contributed by atoms with Gasteiger partial charge in [-0.3, -0.25) is 4.79 Å². The highest BCUT2D eigenvalue weighted by atomic mass is 32.1. The summed E-state index contributed by atoms with van der Waals surface area (Å²) < 4.78 is 0.917. The number of allylic oxidation sites excluding steroid dienone is 1. The van der Waals surface area contributed by atoms with E-state index in [2.05, 4.69) is 13.2 Å². The lowest BCUT2D eigenvalue weighted by molar-refractivity contribution is 0.102. The Hall–Kier alpha value is -1.15. The van der Waals surface area contributed by atoms with Crippen LogP contribution in [-0.2, 0) is 0 Å². The molecule has 1 nitrogen and oxygen atoms in total. The first-order valence-corrected chi connectivity index (χ1v) is 4.39. The van der Waals surface area contributed by atoms with E-state index in [1.165, 1.54) is 11.3 Å². The molecule has 0 unspecified atom stereocenters. The molecule has 0 N–H and O–H groups in total. The van der Waals surface area contributed by atoms with E-state index in [0.29, 0.717) is 0 Å². The maximum atomic E-state index is 11.0. The SMILES string of the molecule is C=C/C=c1/cc(C(C)=O)sc1=C. The van der Waals surface area contributed by atoms with Crippen molar-refractivity contribution in [1.82, 2.24) is 0 Å². The van der Waals surface area contributed by atoms with Crippen molar-refractivity contribution >= 4 is 29.8 Å². The molecule has 0 spiro atoms. The molecule has 0 fully saturated rings. The zero-order valence-corrected chi connectivity index (χ0v) is 7.78. The minimum atomic E-state index is 0.0913. The summed E-state index contributed by atoms with van der Waals surface area (Å²) in [6, 6.07) is 1.84. The predicted octanol–water partition coefficient (Wildman–Crippen LogP) is 1.33. The van der Waals surface area contributed by atoms with Gasteiger partial charge in [0.1, 0.15) is 0 Å². The van der Waals surface area contributed by atoms with Gasteiger partial charge in [0.25, 0.3) is 0 Å². The first kappa shape index (κ1) is 8.94. The Kier molecular flexibility index (Phi) is 2.61. The van der Waals surface area contributed by atoms with Gasteiger partial charge in [0.2, 0.25) is 0 Å². The van der Waals surface area contributed by atoms with Crippen molar-refractivity contribution < 1.29 is 4.79 Å². The third kappa shape index (κ3) is 1.71. The Bertz CT molecular complexity index is 412. The molecule has 0 amide bonds. The number of thiophene rings is 1. The van der Waals surface area contributed by atoms with E-state index in [9.17, 15) is 4.79 Å². The second-order valence-electron chi connectivity index (χ2n) is 2.45. The van der Waals surface area contributed by atoms with Crippen molar-refractivity contribution in [2.45, 2.75) is 6.92 Å². The number of hydrogen-bond acceptors (Lipinski definition) is 2. The monoisotopic (exact) mass is 178 g/mol. The summed E-state index contributed by atoms with van der Waals surface area (Å²) in [6.07, 6.45) is 3.55. The molecule has 1 rings (SSSR count). The molecule has 62 valence electrons. The van der Waals surface area contributed by atoms with Crippen molar-refractivity contribution in [2.75, 3.05) is 0 Å². The zero-order valence-electron chi connectivity index (χ0n) is 6.96. The lowest BCUT2D eigenvalue weighted by Crippen LogP contribution is -2.14. The van der Waals surface area contributed by atoms with Crippen LogP contribution in [0, 0.1) is 0 Å². The van der Waals surface area contributed by atoms with E-state index in [1.54, 1.807) is 13.0 Å². The van der Waals surface area contributed by atoms with Gasteiger partial charge in [0.05, 0.1) is 4.88 Å². The summed E-state index contributed by atoms with van der Waals surface area (Å²) in [5, 5.41) is 0.986. The maximum absolute atomic E-state index is 11.0. The number of rotatable bonds is 2. The number of carbonyl (C=O) groups is 1. The summed E-state index contributed by atoms with van der Waals surface area (Å²) >= 11 is 1.42. The number of Topliss-reactive ketones (excluding diaryl/α,β-unsaturated/α-hetero) is 1. The minimum absolute atomic E-state index is 0.0913. The minimum Gasteiger partial charge on any atom is -0.294 e. The van der Waals surface area contributed by atoms with Crippen molar-refractivity contribution in [2.24, 2.45) is 0 Å². The Morgan fingerprint density at radius 2 is 2.33 bits per heavy atom. The Labute approximate surface area is 75.4 Å². The average molecular weight is 178 g/mol. The summed E-state index contributed by atoms with van der Waals surface area (Å²) in [5.41, 5.74) is 0. The van der Waals surface area contributed by atoms with Gasteiger partial charge in [0, 0.05) is 4.53 Å². The molecule has 0 aliphatic rings. The van der Waals surface area contributed by atoms with Gasteiger partial charge >= 0.3 is 0 Å². The van der Waals surface area contributed by atoms with E-state index >= 15 is 0 Å². The highest BCUT2D eigenvalue weighted by Gasteiger charge is 2.00. The third-order valence-corrected chi connectivity index (χ3v) is 2.59. The van der Waals surface area contributed by atoms with Crippen LogP contribution in [0.1, 0.15) is 16.6 Å². The second kappa shape index (κ2) is 3.50. The van der Waals surface area contributed by atoms with Gasteiger partial charge in [-0.05, 0) is 18.2 Å². The fraction of sp³-hybridized carbons (Fsp3) is 0.100. The molecule has 1 aromatic heterocycles. The van der Waals surface area contributed by atoms with Gasteiger partial charge in [-0.25, -0.2) is 0 Å². The van der Waals surface area contributed by atoms with Crippen molar-refractivity contribution in [3.8, 4) is 0 Å². The molecular formula is C10H10OS. The molecule has 1 heterocycles.